The third kappa shape index (κ3) is 4.63. The number of halogens is 4. The van der Waals surface area contributed by atoms with Gasteiger partial charge in [0.2, 0.25) is 0 Å². The maximum Gasteiger partial charge on any atom is 0.433 e. The Morgan fingerprint density at radius 1 is 1.00 bits per heavy atom. The summed E-state index contributed by atoms with van der Waals surface area (Å²) in [5, 5.41) is 5.07. The topological polar surface area (TPSA) is 91.4 Å². The lowest BCUT2D eigenvalue weighted by Gasteiger charge is -2.11. The highest BCUT2D eigenvalue weighted by atomic mass is 35.5. The summed E-state index contributed by atoms with van der Waals surface area (Å²) in [4.78, 5) is 33.1. The van der Waals surface area contributed by atoms with Crippen molar-refractivity contribution < 1.29 is 22.7 Å². The van der Waals surface area contributed by atoms with E-state index in [0.29, 0.717) is 16.2 Å². The lowest BCUT2D eigenvalue weighted by atomic mass is 9.96. The van der Waals surface area contributed by atoms with Crippen LogP contribution in [0.1, 0.15) is 21.7 Å². The van der Waals surface area contributed by atoms with Gasteiger partial charge in [-0.2, -0.15) is 13.2 Å². The molecule has 0 amide bonds. The summed E-state index contributed by atoms with van der Waals surface area (Å²) >= 11 is 6.06. The van der Waals surface area contributed by atoms with Crippen LogP contribution in [0.15, 0.2) is 78.0 Å². The number of benzene rings is 1. The number of carbonyl (C=O) groups is 1. The van der Waals surface area contributed by atoms with Crippen LogP contribution in [0.4, 0.5) is 13.2 Å². The zero-order valence-corrected chi connectivity index (χ0v) is 20.4. The van der Waals surface area contributed by atoms with E-state index in [1.165, 1.54) is 4.40 Å². The second-order valence-electron chi connectivity index (χ2n) is 8.17. The van der Waals surface area contributed by atoms with Gasteiger partial charge in [0.25, 0.3) is 0 Å². The molecule has 8 nitrogen and oxygen atoms in total. The Bertz CT molecular complexity index is 1720. The van der Waals surface area contributed by atoms with Gasteiger partial charge in [0.15, 0.2) is 11.3 Å². The summed E-state index contributed by atoms with van der Waals surface area (Å²) in [6.45, 7) is -0.317. The first-order valence-electron chi connectivity index (χ1n) is 11.1. The van der Waals surface area contributed by atoms with Crippen LogP contribution >= 0.6 is 11.6 Å². The smallest absolute Gasteiger partial charge is 0.433 e. The molecule has 0 aliphatic carbocycles. The Kier molecular flexibility index (Phi) is 6.45. The van der Waals surface area contributed by atoms with E-state index in [9.17, 15) is 22.8 Å². The number of methoxy groups -OCH3 is 1. The van der Waals surface area contributed by atoms with Crippen LogP contribution in [-0.4, -0.2) is 37.2 Å². The first-order chi connectivity index (χ1) is 18.2. The van der Waals surface area contributed by atoms with Crippen LogP contribution in [-0.2, 0) is 17.5 Å². The number of hydrogen-bond donors (Lipinski definition) is 0. The van der Waals surface area contributed by atoms with Gasteiger partial charge in [0.05, 0.1) is 13.7 Å². The third-order valence-electron chi connectivity index (χ3n) is 5.85. The molecule has 0 radical (unpaired) electrons. The van der Waals surface area contributed by atoms with Crippen LogP contribution in [0.2, 0.25) is 5.02 Å². The number of nitrogens with zero attached hydrogens (tertiary/aromatic N) is 5. The van der Waals surface area contributed by atoms with Crippen molar-refractivity contribution in [2.45, 2.75) is 12.7 Å². The molecule has 1 aromatic carbocycles. The third-order valence-corrected chi connectivity index (χ3v) is 6.10. The molecule has 0 spiro atoms. The van der Waals surface area contributed by atoms with Crippen molar-refractivity contribution in [2.24, 2.45) is 0 Å². The Labute approximate surface area is 217 Å². The molecule has 192 valence electrons. The highest BCUT2D eigenvalue weighted by Crippen LogP contribution is 2.35. The molecule has 0 aliphatic rings. The Hall–Kier alpha value is -4.51. The fraction of sp³-hybridized carbons (Fsp3) is 0.115. The van der Waals surface area contributed by atoms with Crippen LogP contribution in [0, 0.1) is 0 Å². The number of hydrogen-bond acceptors (Lipinski definition) is 6. The van der Waals surface area contributed by atoms with Gasteiger partial charge in [0, 0.05) is 34.7 Å². The molecular formula is C26H17ClF3N5O3. The predicted molar refractivity (Wildman–Crippen MR) is 133 cm³/mol. The molecule has 0 aliphatic heterocycles. The number of alkyl halides is 3. The number of pyridine rings is 3. The maximum absolute atomic E-state index is 13.3. The number of fused-ring (bicyclic) bond motifs is 1. The standard InChI is InChI=1S/C26H17ClF3N5O3/c1-38-24(36)22-17(4-7-20(32-22)26(28,29)30)14-35-25(37)34-13-10-19(15-2-5-18(27)6-3-15)21(23(34)33-35)16-8-11-31-12-9-16/h2-13H,14H2,1H3. The van der Waals surface area contributed by atoms with E-state index >= 15 is 0 Å². The molecule has 0 atom stereocenters. The van der Waals surface area contributed by atoms with Crippen molar-refractivity contribution in [1.29, 1.82) is 0 Å². The van der Waals surface area contributed by atoms with Crippen molar-refractivity contribution in [2.75, 3.05) is 7.11 Å². The van der Waals surface area contributed by atoms with E-state index in [-0.39, 0.29) is 12.1 Å². The van der Waals surface area contributed by atoms with E-state index in [4.69, 9.17) is 11.6 Å². The molecule has 4 heterocycles. The van der Waals surface area contributed by atoms with E-state index in [2.05, 4.69) is 19.8 Å². The summed E-state index contributed by atoms with van der Waals surface area (Å²) in [5.74, 6) is -1.06. The van der Waals surface area contributed by atoms with Crippen molar-refractivity contribution in [3.8, 4) is 22.3 Å². The number of aromatic nitrogens is 5. The van der Waals surface area contributed by atoms with Crippen LogP contribution in [0.5, 0.6) is 0 Å². The van der Waals surface area contributed by atoms with Gasteiger partial charge in [-0.3, -0.25) is 4.98 Å². The molecule has 0 unspecified atom stereocenters. The molecule has 5 aromatic rings. The fourth-order valence-corrected chi connectivity index (χ4v) is 4.19. The lowest BCUT2D eigenvalue weighted by Crippen LogP contribution is -2.24. The quantitative estimate of drug-likeness (QED) is 0.288. The highest BCUT2D eigenvalue weighted by molar-refractivity contribution is 6.30. The molecular weight excluding hydrogens is 523 g/mol. The maximum atomic E-state index is 13.3. The number of esters is 1. The van der Waals surface area contributed by atoms with Crippen molar-refractivity contribution in [1.82, 2.24) is 24.1 Å². The van der Waals surface area contributed by atoms with Gasteiger partial charge >= 0.3 is 17.8 Å². The summed E-state index contributed by atoms with van der Waals surface area (Å²) in [5.41, 5.74) is 0.931. The Morgan fingerprint density at radius 3 is 2.37 bits per heavy atom. The average Bonchev–Trinajstić information content (AvgIpc) is 3.23. The second kappa shape index (κ2) is 9.75. The van der Waals surface area contributed by atoms with Crippen molar-refractivity contribution in [3.05, 3.63) is 106 Å². The predicted octanol–water partition coefficient (Wildman–Crippen LogP) is 5.13. The Balaban J connectivity index is 1.69. The van der Waals surface area contributed by atoms with E-state index in [1.54, 1.807) is 48.9 Å². The lowest BCUT2D eigenvalue weighted by molar-refractivity contribution is -0.141. The summed E-state index contributed by atoms with van der Waals surface area (Å²) in [7, 11) is 1.03. The summed E-state index contributed by atoms with van der Waals surface area (Å²) in [6.07, 6.45) is 0.00687. The van der Waals surface area contributed by atoms with E-state index in [1.807, 2.05) is 12.1 Å². The van der Waals surface area contributed by atoms with Gasteiger partial charge < -0.3 is 4.74 Å². The number of rotatable bonds is 5. The van der Waals surface area contributed by atoms with Crippen LogP contribution < -0.4 is 5.69 Å². The van der Waals surface area contributed by atoms with E-state index < -0.39 is 29.2 Å². The SMILES string of the molecule is COC(=O)c1nc(C(F)(F)F)ccc1Cn1nc2c(-c3ccncc3)c(-c3ccc(Cl)cc3)ccn2c1=O. The second-order valence-corrected chi connectivity index (χ2v) is 8.61. The molecule has 12 heteroatoms. The minimum absolute atomic E-state index is 0.0405. The molecule has 0 bridgehead atoms. The molecule has 4 aromatic heterocycles. The van der Waals surface area contributed by atoms with Gasteiger partial charge in [-0.25, -0.2) is 23.7 Å². The molecule has 5 rings (SSSR count). The van der Waals surface area contributed by atoms with Crippen molar-refractivity contribution >= 4 is 23.2 Å². The van der Waals surface area contributed by atoms with Crippen LogP contribution in [0.25, 0.3) is 27.9 Å². The van der Waals surface area contributed by atoms with Gasteiger partial charge in [-0.05, 0) is 53.1 Å². The molecule has 38 heavy (non-hydrogen) atoms. The summed E-state index contributed by atoms with van der Waals surface area (Å²) < 4.78 is 46.6. The normalized spacial score (nSPS) is 11.6. The summed E-state index contributed by atoms with van der Waals surface area (Å²) in [6, 6.07) is 14.3. The van der Waals surface area contributed by atoms with Crippen LogP contribution in [0.3, 0.4) is 0 Å². The minimum atomic E-state index is -4.77. The largest absolute Gasteiger partial charge is 0.464 e. The highest BCUT2D eigenvalue weighted by Gasteiger charge is 2.34. The minimum Gasteiger partial charge on any atom is -0.464 e. The zero-order valence-electron chi connectivity index (χ0n) is 19.6. The zero-order chi connectivity index (χ0) is 27.0. The molecule has 0 saturated carbocycles. The van der Waals surface area contributed by atoms with Crippen molar-refractivity contribution in [3.63, 3.8) is 0 Å². The number of carbonyl (C=O) groups excluding carboxylic acids is 1. The van der Waals surface area contributed by atoms with E-state index in [0.717, 1.165) is 40.6 Å². The van der Waals surface area contributed by atoms with Gasteiger partial charge in [-0.15, -0.1) is 5.10 Å². The van der Waals surface area contributed by atoms with Gasteiger partial charge in [0.1, 0.15) is 5.69 Å². The molecule has 0 fully saturated rings. The van der Waals surface area contributed by atoms with Gasteiger partial charge in [-0.1, -0.05) is 29.8 Å². The molecule has 0 saturated heterocycles. The first kappa shape index (κ1) is 25.2. The average molecular weight is 540 g/mol. The number of ether oxygens (including phenoxy) is 1. The molecule has 0 N–H and O–H groups in total. The Morgan fingerprint density at radius 2 is 1.71 bits per heavy atom. The monoisotopic (exact) mass is 539 g/mol. The first-order valence-corrected chi connectivity index (χ1v) is 11.5. The fourth-order valence-electron chi connectivity index (χ4n) is 4.06.